The molecule has 1 aromatic carbocycles. The van der Waals surface area contributed by atoms with Gasteiger partial charge >= 0.3 is 0 Å². The number of aryl methyl sites for hydroxylation is 1. The summed E-state index contributed by atoms with van der Waals surface area (Å²) in [5, 5.41) is 1.82. The minimum Gasteiger partial charge on any atom is -0.493 e. The van der Waals surface area contributed by atoms with E-state index in [4.69, 9.17) is 15.2 Å². The maximum atomic E-state index is 6.05. The Bertz CT molecular complexity index is 567. The minimum atomic E-state index is 0.685. The van der Waals surface area contributed by atoms with E-state index in [0.29, 0.717) is 11.5 Å². The molecule has 5 heteroatoms. The average molecular weight is 278 g/mol. The summed E-state index contributed by atoms with van der Waals surface area (Å²) in [5.41, 5.74) is 7.83. The number of aromatic nitrogens is 1. The molecule has 0 fully saturated rings. The van der Waals surface area contributed by atoms with Crippen LogP contribution in [0.5, 0.6) is 11.5 Å². The summed E-state index contributed by atoms with van der Waals surface area (Å²) in [6, 6.07) is 5.72. The zero-order chi connectivity index (χ0) is 13.8. The number of hydrogen-bond acceptors (Lipinski definition) is 5. The maximum absolute atomic E-state index is 6.05. The molecule has 0 spiro atoms. The maximum Gasteiger partial charge on any atom is 0.161 e. The number of hydrogen-bond donors (Lipinski definition) is 1. The van der Waals surface area contributed by atoms with Gasteiger partial charge in [0.05, 0.1) is 19.2 Å². The van der Waals surface area contributed by atoms with E-state index in [9.17, 15) is 0 Å². The highest BCUT2D eigenvalue weighted by atomic mass is 32.1. The molecule has 0 bridgehead atoms. The van der Waals surface area contributed by atoms with Gasteiger partial charge < -0.3 is 15.2 Å². The van der Waals surface area contributed by atoms with Crippen molar-refractivity contribution in [1.29, 1.82) is 0 Å². The van der Waals surface area contributed by atoms with Gasteiger partial charge in [0.15, 0.2) is 11.5 Å². The molecule has 0 saturated carbocycles. The van der Waals surface area contributed by atoms with Gasteiger partial charge in [-0.25, -0.2) is 4.98 Å². The molecule has 0 aliphatic carbocycles. The van der Waals surface area contributed by atoms with Crippen molar-refractivity contribution in [3.8, 4) is 22.8 Å². The van der Waals surface area contributed by atoms with E-state index in [1.54, 1.807) is 25.6 Å². The van der Waals surface area contributed by atoms with E-state index in [0.717, 1.165) is 34.1 Å². The van der Waals surface area contributed by atoms with E-state index < -0.39 is 0 Å². The normalized spacial score (nSPS) is 10.5. The fourth-order valence-electron chi connectivity index (χ4n) is 1.89. The lowest BCUT2D eigenvalue weighted by Crippen LogP contribution is -1.92. The lowest BCUT2D eigenvalue weighted by atomic mass is 10.1. The van der Waals surface area contributed by atoms with E-state index in [1.807, 2.05) is 18.2 Å². The van der Waals surface area contributed by atoms with Crippen LogP contribution in [0.25, 0.3) is 11.3 Å². The fraction of sp³-hybridized carbons (Fsp3) is 0.357. The van der Waals surface area contributed by atoms with Crippen molar-refractivity contribution >= 4 is 16.3 Å². The van der Waals surface area contributed by atoms with Crippen LogP contribution in [0, 0.1) is 0 Å². The Balaban J connectivity index is 2.41. The van der Waals surface area contributed by atoms with Crippen molar-refractivity contribution in [1.82, 2.24) is 4.98 Å². The average Bonchev–Trinajstić information content (AvgIpc) is 2.79. The van der Waals surface area contributed by atoms with Crippen molar-refractivity contribution in [2.45, 2.75) is 19.8 Å². The Morgan fingerprint density at radius 2 is 1.95 bits per heavy atom. The Labute approximate surface area is 117 Å². The molecule has 0 radical (unpaired) electrons. The molecule has 2 rings (SSSR count). The lowest BCUT2D eigenvalue weighted by molar-refractivity contribution is 0.355. The quantitative estimate of drug-likeness (QED) is 0.911. The molecule has 4 nitrogen and oxygen atoms in total. The monoisotopic (exact) mass is 278 g/mol. The Morgan fingerprint density at radius 3 is 2.58 bits per heavy atom. The zero-order valence-electron chi connectivity index (χ0n) is 11.4. The van der Waals surface area contributed by atoms with Crippen LogP contribution in [-0.4, -0.2) is 19.2 Å². The molecule has 19 heavy (non-hydrogen) atoms. The summed E-state index contributed by atoms with van der Waals surface area (Å²) in [5.74, 6) is 1.39. The standard InChI is InChI=1S/C14H18N2O2S/c1-4-5-12-16-13(14(15)19-12)9-6-7-10(17-2)11(8-9)18-3/h6-8H,4-5,15H2,1-3H3. The predicted molar refractivity (Wildman–Crippen MR) is 79.1 cm³/mol. The number of nitrogens with zero attached hydrogens (tertiary/aromatic N) is 1. The predicted octanol–water partition coefficient (Wildman–Crippen LogP) is 3.36. The second-order valence-electron chi connectivity index (χ2n) is 4.14. The van der Waals surface area contributed by atoms with E-state index in [2.05, 4.69) is 11.9 Å². The highest BCUT2D eigenvalue weighted by molar-refractivity contribution is 7.16. The summed E-state index contributed by atoms with van der Waals surface area (Å²) >= 11 is 1.55. The van der Waals surface area contributed by atoms with Gasteiger partial charge in [-0.15, -0.1) is 11.3 Å². The topological polar surface area (TPSA) is 57.4 Å². The van der Waals surface area contributed by atoms with Crippen molar-refractivity contribution in [3.05, 3.63) is 23.2 Å². The van der Waals surface area contributed by atoms with Crippen LogP contribution < -0.4 is 15.2 Å². The molecule has 1 heterocycles. The van der Waals surface area contributed by atoms with Crippen LogP contribution in [0.15, 0.2) is 18.2 Å². The first-order valence-corrected chi connectivity index (χ1v) is 6.98. The second-order valence-corrected chi connectivity index (χ2v) is 5.26. The summed E-state index contributed by atoms with van der Waals surface area (Å²) in [6.07, 6.45) is 2.03. The molecule has 0 unspecified atom stereocenters. The number of nitrogen functional groups attached to an aromatic ring is 1. The van der Waals surface area contributed by atoms with Crippen molar-refractivity contribution in [2.75, 3.05) is 20.0 Å². The van der Waals surface area contributed by atoms with E-state index in [-0.39, 0.29) is 0 Å². The van der Waals surface area contributed by atoms with Crippen LogP contribution in [0.4, 0.5) is 5.00 Å². The van der Waals surface area contributed by atoms with Gasteiger partial charge in [0.2, 0.25) is 0 Å². The molecule has 0 aliphatic rings. The smallest absolute Gasteiger partial charge is 0.161 e. The molecule has 2 N–H and O–H groups in total. The SMILES string of the molecule is CCCc1nc(-c2ccc(OC)c(OC)c2)c(N)s1. The van der Waals surface area contributed by atoms with Crippen LogP contribution in [0.1, 0.15) is 18.4 Å². The van der Waals surface area contributed by atoms with Crippen LogP contribution >= 0.6 is 11.3 Å². The van der Waals surface area contributed by atoms with Crippen molar-refractivity contribution < 1.29 is 9.47 Å². The largest absolute Gasteiger partial charge is 0.493 e. The van der Waals surface area contributed by atoms with Gasteiger partial charge in [-0.05, 0) is 31.0 Å². The molecule has 0 atom stereocenters. The Kier molecular flexibility index (Phi) is 4.27. The number of thiazole rings is 1. The summed E-state index contributed by atoms with van der Waals surface area (Å²) < 4.78 is 10.5. The van der Waals surface area contributed by atoms with E-state index in [1.165, 1.54) is 0 Å². The van der Waals surface area contributed by atoms with Gasteiger partial charge in [0, 0.05) is 5.56 Å². The Hall–Kier alpha value is -1.75. The minimum absolute atomic E-state index is 0.685. The lowest BCUT2D eigenvalue weighted by Gasteiger charge is -2.08. The van der Waals surface area contributed by atoms with Crippen LogP contribution in [-0.2, 0) is 6.42 Å². The van der Waals surface area contributed by atoms with Crippen LogP contribution in [0.3, 0.4) is 0 Å². The van der Waals surface area contributed by atoms with Crippen LogP contribution in [0.2, 0.25) is 0 Å². The highest BCUT2D eigenvalue weighted by Gasteiger charge is 2.13. The van der Waals surface area contributed by atoms with Gasteiger partial charge in [0.1, 0.15) is 10.7 Å². The first-order chi connectivity index (χ1) is 9.19. The third-order valence-electron chi connectivity index (χ3n) is 2.82. The number of benzene rings is 1. The fourth-order valence-corrected chi connectivity index (χ4v) is 2.85. The first kappa shape index (κ1) is 13.7. The number of methoxy groups -OCH3 is 2. The molecular weight excluding hydrogens is 260 g/mol. The molecule has 1 aromatic heterocycles. The number of rotatable bonds is 5. The van der Waals surface area contributed by atoms with Gasteiger partial charge in [-0.3, -0.25) is 0 Å². The molecular formula is C14H18N2O2S. The third-order valence-corrected chi connectivity index (χ3v) is 3.76. The highest BCUT2D eigenvalue weighted by Crippen LogP contribution is 2.36. The molecule has 0 aliphatic heterocycles. The van der Waals surface area contributed by atoms with Crippen molar-refractivity contribution in [3.63, 3.8) is 0 Å². The zero-order valence-corrected chi connectivity index (χ0v) is 12.2. The summed E-state index contributed by atoms with van der Waals surface area (Å²) in [6.45, 7) is 2.13. The van der Waals surface area contributed by atoms with Gasteiger partial charge in [-0.1, -0.05) is 6.92 Å². The molecule has 0 saturated heterocycles. The molecule has 102 valence electrons. The molecule has 0 amide bonds. The second kappa shape index (κ2) is 5.93. The number of anilines is 1. The Morgan fingerprint density at radius 1 is 1.21 bits per heavy atom. The van der Waals surface area contributed by atoms with Crippen molar-refractivity contribution in [2.24, 2.45) is 0 Å². The first-order valence-electron chi connectivity index (χ1n) is 6.17. The van der Waals surface area contributed by atoms with E-state index >= 15 is 0 Å². The number of ether oxygens (including phenoxy) is 2. The molecule has 2 aromatic rings. The van der Waals surface area contributed by atoms with Gasteiger partial charge in [-0.2, -0.15) is 0 Å². The summed E-state index contributed by atoms with van der Waals surface area (Å²) in [7, 11) is 3.24. The number of nitrogens with two attached hydrogens (primary N) is 1. The summed E-state index contributed by atoms with van der Waals surface area (Å²) in [4.78, 5) is 4.60. The third kappa shape index (κ3) is 2.81. The van der Waals surface area contributed by atoms with Gasteiger partial charge in [0.25, 0.3) is 0 Å².